The lowest BCUT2D eigenvalue weighted by molar-refractivity contribution is 0.0188. The fourth-order valence-corrected chi connectivity index (χ4v) is 2.01. The summed E-state index contributed by atoms with van der Waals surface area (Å²) in [6, 6.07) is 6.21. The van der Waals surface area contributed by atoms with Crippen molar-refractivity contribution < 1.29 is 18.4 Å². The number of carbonyl (C=O) groups excluding carboxylic acids is 2. The Kier molecular flexibility index (Phi) is 3.15. The van der Waals surface area contributed by atoms with Gasteiger partial charge in [0, 0.05) is 12.6 Å². The lowest BCUT2D eigenvalue weighted by Crippen LogP contribution is -2.44. The summed E-state index contributed by atoms with van der Waals surface area (Å²) in [5.41, 5.74) is -0.950. The molecule has 18 heavy (non-hydrogen) atoms. The number of nitrogens with zero attached hydrogens (tertiary/aromatic N) is 1. The molecule has 0 saturated heterocycles. The molecule has 0 N–H and O–H groups in total. The Balaban J connectivity index is 2.29. The molecule has 1 aliphatic carbocycles. The van der Waals surface area contributed by atoms with Gasteiger partial charge in [-0.2, -0.15) is 0 Å². The zero-order valence-electron chi connectivity index (χ0n) is 9.90. The van der Waals surface area contributed by atoms with Crippen molar-refractivity contribution in [2.75, 3.05) is 7.05 Å². The number of hydrogen-bond donors (Lipinski definition) is 0. The van der Waals surface area contributed by atoms with Crippen LogP contribution in [0.4, 0.5) is 8.78 Å². The molecule has 1 aromatic rings. The second-order valence-corrected chi connectivity index (χ2v) is 4.47. The van der Waals surface area contributed by atoms with E-state index in [-0.39, 0.29) is 11.1 Å². The number of benzene rings is 1. The van der Waals surface area contributed by atoms with E-state index in [9.17, 15) is 18.4 Å². The average Bonchev–Trinajstić information content (AvgIpc) is 3.18. The molecule has 1 aliphatic rings. The van der Waals surface area contributed by atoms with Crippen molar-refractivity contribution >= 4 is 12.2 Å². The highest BCUT2D eigenvalue weighted by Gasteiger charge is 2.56. The second-order valence-electron chi connectivity index (χ2n) is 4.47. The highest BCUT2D eigenvalue weighted by atomic mass is 19.3. The van der Waals surface area contributed by atoms with E-state index in [4.69, 9.17) is 0 Å². The smallest absolute Gasteiger partial charge is 0.261 e. The van der Waals surface area contributed by atoms with Crippen molar-refractivity contribution in [1.29, 1.82) is 0 Å². The molecule has 0 bridgehead atoms. The van der Waals surface area contributed by atoms with Gasteiger partial charge in [0.2, 0.25) is 0 Å². The first-order valence-corrected chi connectivity index (χ1v) is 5.63. The summed E-state index contributed by atoms with van der Waals surface area (Å²) in [6.45, 7) is 0. The number of carbonyl (C=O) groups is 2. The number of halogens is 2. The minimum Gasteiger partial charge on any atom is -0.330 e. The molecule has 0 spiro atoms. The molecule has 0 radical (unpaired) electrons. The van der Waals surface area contributed by atoms with Gasteiger partial charge in [-0.15, -0.1) is 0 Å². The van der Waals surface area contributed by atoms with Crippen molar-refractivity contribution in [3.8, 4) is 0 Å². The highest BCUT2D eigenvalue weighted by molar-refractivity contribution is 6.01. The van der Waals surface area contributed by atoms with Crippen LogP contribution in [0.15, 0.2) is 24.3 Å². The summed E-state index contributed by atoms with van der Waals surface area (Å²) >= 11 is 0. The molecule has 0 aromatic heterocycles. The minimum atomic E-state index is -2.56. The lowest BCUT2D eigenvalue weighted by atomic mass is 10.1. The van der Waals surface area contributed by atoms with Gasteiger partial charge in [-0.1, -0.05) is 18.2 Å². The number of hydrogen-bond acceptors (Lipinski definition) is 2. The molecule has 1 fully saturated rings. The maximum Gasteiger partial charge on any atom is 0.261 e. The summed E-state index contributed by atoms with van der Waals surface area (Å²) in [7, 11) is 1.36. The predicted molar refractivity (Wildman–Crippen MR) is 61.9 cm³/mol. The third kappa shape index (κ3) is 1.89. The maximum absolute atomic E-state index is 12.9. The Hall–Kier alpha value is -1.78. The van der Waals surface area contributed by atoms with E-state index in [1.807, 2.05) is 0 Å². The van der Waals surface area contributed by atoms with Crippen LogP contribution in [0.2, 0.25) is 0 Å². The van der Waals surface area contributed by atoms with Gasteiger partial charge in [0.05, 0.1) is 5.56 Å². The number of aldehydes is 1. The van der Waals surface area contributed by atoms with Crippen LogP contribution in [0, 0.1) is 0 Å². The van der Waals surface area contributed by atoms with Gasteiger partial charge in [0.15, 0.2) is 6.29 Å². The summed E-state index contributed by atoms with van der Waals surface area (Å²) in [6.07, 6.45) is -1.40. The molecule has 0 heterocycles. The van der Waals surface area contributed by atoms with Gasteiger partial charge in [-0.25, -0.2) is 8.78 Å². The van der Waals surface area contributed by atoms with Crippen LogP contribution in [0.1, 0.15) is 33.6 Å². The van der Waals surface area contributed by atoms with Gasteiger partial charge < -0.3 is 4.90 Å². The number of alkyl halides is 2. The van der Waals surface area contributed by atoms with E-state index in [1.54, 1.807) is 12.1 Å². The van der Waals surface area contributed by atoms with E-state index < -0.39 is 17.9 Å². The quantitative estimate of drug-likeness (QED) is 0.772. The zero-order chi connectivity index (χ0) is 13.3. The number of rotatable bonds is 4. The van der Waals surface area contributed by atoms with Crippen LogP contribution in [0.5, 0.6) is 0 Å². The Bertz CT molecular complexity index is 484. The monoisotopic (exact) mass is 253 g/mol. The zero-order valence-corrected chi connectivity index (χ0v) is 9.90. The van der Waals surface area contributed by atoms with Crippen molar-refractivity contribution in [2.45, 2.75) is 24.8 Å². The van der Waals surface area contributed by atoms with Gasteiger partial charge in [0.25, 0.3) is 12.3 Å². The summed E-state index contributed by atoms with van der Waals surface area (Å²) in [5.74, 6) is -0.532. The Morgan fingerprint density at radius 1 is 1.39 bits per heavy atom. The van der Waals surface area contributed by atoms with Crippen LogP contribution in [-0.2, 0) is 0 Å². The van der Waals surface area contributed by atoms with Gasteiger partial charge in [-0.05, 0) is 18.9 Å². The van der Waals surface area contributed by atoms with Crippen LogP contribution in [0.3, 0.4) is 0 Å². The Morgan fingerprint density at radius 2 is 2.00 bits per heavy atom. The van der Waals surface area contributed by atoms with Gasteiger partial charge >= 0.3 is 0 Å². The average molecular weight is 253 g/mol. The molecule has 0 unspecified atom stereocenters. The molecule has 96 valence electrons. The van der Waals surface area contributed by atoms with E-state index in [1.165, 1.54) is 19.2 Å². The predicted octanol–water partition coefficient (Wildman–Crippen LogP) is 2.37. The third-order valence-electron chi connectivity index (χ3n) is 3.46. The van der Waals surface area contributed by atoms with E-state index >= 15 is 0 Å². The standard InChI is InChI=1S/C13H13F2NO2/c1-16(13(6-7-13)12(14)15)11(18)10-5-3-2-4-9(10)8-17/h2-5,8,12H,6-7H2,1H3. The van der Waals surface area contributed by atoms with Gasteiger partial charge in [0.1, 0.15) is 5.54 Å². The number of amides is 1. The molecule has 1 saturated carbocycles. The van der Waals surface area contributed by atoms with E-state index in [0.29, 0.717) is 19.1 Å². The molecular weight excluding hydrogens is 240 g/mol. The fraction of sp³-hybridized carbons (Fsp3) is 0.385. The molecular formula is C13H13F2NO2. The molecule has 2 rings (SSSR count). The molecule has 0 aliphatic heterocycles. The van der Waals surface area contributed by atoms with Crippen LogP contribution >= 0.6 is 0 Å². The van der Waals surface area contributed by atoms with Crippen LogP contribution < -0.4 is 0 Å². The maximum atomic E-state index is 12.9. The van der Waals surface area contributed by atoms with Crippen molar-refractivity contribution in [3.63, 3.8) is 0 Å². The lowest BCUT2D eigenvalue weighted by Gasteiger charge is -2.27. The first-order chi connectivity index (χ1) is 8.53. The molecule has 1 aromatic carbocycles. The molecule has 3 nitrogen and oxygen atoms in total. The molecule has 0 atom stereocenters. The second kappa shape index (κ2) is 4.48. The largest absolute Gasteiger partial charge is 0.330 e. The van der Waals surface area contributed by atoms with Crippen molar-refractivity contribution in [2.24, 2.45) is 0 Å². The Labute approximate surface area is 103 Å². The first kappa shape index (κ1) is 12.7. The van der Waals surface area contributed by atoms with Crippen LogP contribution in [-0.4, -0.2) is 36.1 Å². The normalized spacial score (nSPS) is 16.4. The van der Waals surface area contributed by atoms with Crippen molar-refractivity contribution in [1.82, 2.24) is 4.90 Å². The first-order valence-electron chi connectivity index (χ1n) is 5.63. The van der Waals surface area contributed by atoms with Gasteiger partial charge in [-0.3, -0.25) is 9.59 Å². The fourth-order valence-electron chi connectivity index (χ4n) is 2.01. The third-order valence-corrected chi connectivity index (χ3v) is 3.46. The Morgan fingerprint density at radius 3 is 2.50 bits per heavy atom. The van der Waals surface area contributed by atoms with E-state index in [2.05, 4.69) is 0 Å². The topological polar surface area (TPSA) is 37.4 Å². The summed E-state index contributed by atoms with van der Waals surface area (Å²) in [5, 5.41) is 0. The minimum absolute atomic E-state index is 0.168. The van der Waals surface area contributed by atoms with Crippen molar-refractivity contribution in [3.05, 3.63) is 35.4 Å². The SMILES string of the molecule is CN(C(=O)c1ccccc1C=O)C1(C(F)F)CC1. The van der Waals surface area contributed by atoms with Crippen LogP contribution in [0.25, 0.3) is 0 Å². The summed E-state index contributed by atoms with van der Waals surface area (Å²) in [4.78, 5) is 24.1. The molecule has 1 amide bonds. The van der Waals surface area contributed by atoms with E-state index in [0.717, 1.165) is 4.90 Å². The summed E-state index contributed by atoms with van der Waals surface area (Å²) < 4.78 is 25.8. The molecule has 5 heteroatoms. The highest BCUT2D eigenvalue weighted by Crippen LogP contribution is 2.46.